The standard InChI is InChI=1S/C29H40O4/c1-6-7-8-9-26(32)33-29(18(3)30)13-11-21-19-14-17(2)23-16-25(31)20-15-24(20)28(23,5)22(19)10-12-27(21,29)4/h16,19-22,24H,2,6-15H2,1,3-5H3/t19-,20+,21-,22-,24-,27-,28+,29-/m0/s1. The number of allylic oxidation sites excluding steroid dienone is 2. The van der Waals surface area contributed by atoms with Crippen molar-refractivity contribution in [2.75, 3.05) is 0 Å². The Hall–Kier alpha value is -1.71. The van der Waals surface area contributed by atoms with Crippen LogP contribution in [0.15, 0.2) is 23.8 Å². The second-order valence-electron chi connectivity index (χ2n) is 12.2. The van der Waals surface area contributed by atoms with Crippen molar-refractivity contribution in [2.24, 2.45) is 40.4 Å². The van der Waals surface area contributed by atoms with E-state index in [-0.39, 0.29) is 28.5 Å². The van der Waals surface area contributed by atoms with Crippen molar-refractivity contribution >= 4 is 17.5 Å². The summed E-state index contributed by atoms with van der Waals surface area (Å²) in [6.07, 6.45) is 10.6. The summed E-state index contributed by atoms with van der Waals surface area (Å²) in [5, 5.41) is 0. The SMILES string of the molecule is C=C1C[C@@H]2[C@H](CC[C@@]3(C)[C@H]2CC[C@]3(OC(=O)CCCCC)C(C)=O)[C@]2(C)C1=CC(=O)[C@@H]1C[C@@H]12. The monoisotopic (exact) mass is 452 g/mol. The highest BCUT2D eigenvalue weighted by molar-refractivity contribution is 5.97. The minimum absolute atomic E-state index is 0.0155. The van der Waals surface area contributed by atoms with E-state index < -0.39 is 5.60 Å². The van der Waals surface area contributed by atoms with Gasteiger partial charge in [0, 0.05) is 17.8 Å². The number of carbonyl (C=O) groups is 3. The van der Waals surface area contributed by atoms with Gasteiger partial charge in [0.1, 0.15) is 0 Å². The molecule has 0 aliphatic heterocycles. The zero-order valence-corrected chi connectivity index (χ0v) is 20.9. The van der Waals surface area contributed by atoms with Crippen molar-refractivity contribution in [2.45, 2.75) is 97.5 Å². The summed E-state index contributed by atoms with van der Waals surface area (Å²) < 4.78 is 6.19. The predicted molar refractivity (Wildman–Crippen MR) is 127 cm³/mol. The van der Waals surface area contributed by atoms with Crippen LogP contribution in [0, 0.1) is 40.4 Å². The molecule has 4 saturated carbocycles. The first-order valence-corrected chi connectivity index (χ1v) is 13.3. The fourth-order valence-electron chi connectivity index (χ4n) is 9.03. The molecule has 33 heavy (non-hydrogen) atoms. The summed E-state index contributed by atoms with van der Waals surface area (Å²) in [7, 11) is 0. The highest BCUT2D eigenvalue weighted by Crippen LogP contribution is 2.73. The maximum absolute atomic E-state index is 13.2. The third kappa shape index (κ3) is 3.04. The normalized spacial score (nSPS) is 45.3. The molecule has 0 aromatic rings. The molecule has 4 nitrogen and oxygen atoms in total. The number of Topliss-reactive ketones (excluding diaryl/α,β-unsaturated/α-hetero) is 1. The van der Waals surface area contributed by atoms with Gasteiger partial charge in [-0.1, -0.05) is 45.8 Å². The average Bonchev–Trinajstić information content (AvgIpc) is 3.51. The number of rotatable bonds is 6. The van der Waals surface area contributed by atoms with Gasteiger partial charge in [0.05, 0.1) is 0 Å². The molecule has 0 aromatic carbocycles. The summed E-state index contributed by atoms with van der Waals surface area (Å²) >= 11 is 0. The summed E-state index contributed by atoms with van der Waals surface area (Å²) in [5.74, 6) is 2.07. The van der Waals surface area contributed by atoms with Gasteiger partial charge in [-0.15, -0.1) is 0 Å². The lowest BCUT2D eigenvalue weighted by molar-refractivity contribution is -0.188. The van der Waals surface area contributed by atoms with Crippen LogP contribution in [0.3, 0.4) is 0 Å². The zero-order chi connectivity index (χ0) is 23.8. The summed E-state index contributed by atoms with van der Waals surface area (Å²) in [6, 6.07) is 0. The van der Waals surface area contributed by atoms with E-state index in [1.54, 1.807) is 6.92 Å². The van der Waals surface area contributed by atoms with Crippen LogP contribution in [0.1, 0.15) is 91.9 Å². The average molecular weight is 453 g/mol. The van der Waals surface area contributed by atoms with E-state index in [4.69, 9.17) is 4.74 Å². The first-order valence-electron chi connectivity index (χ1n) is 13.3. The summed E-state index contributed by atoms with van der Waals surface area (Å²) in [5.41, 5.74) is 1.05. The molecule has 4 fully saturated rings. The minimum atomic E-state index is -0.991. The number of hydrogen-bond acceptors (Lipinski definition) is 4. The number of hydrogen-bond donors (Lipinski definition) is 0. The number of esters is 1. The highest BCUT2D eigenvalue weighted by atomic mass is 16.6. The van der Waals surface area contributed by atoms with Crippen molar-refractivity contribution in [1.29, 1.82) is 0 Å². The van der Waals surface area contributed by atoms with Crippen LogP contribution in [0.25, 0.3) is 0 Å². The Morgan fingerprint density at radius 2 is 1.85 bits per heavy atom. The Bertz CT molecular complexity index is 945. The molecule has 4 heteroatoms. The number of ether oxygens (including phenoxy) is 1. The van der Waals surface area contributed by atoms with Crippen molar-refractivity contribution in [3.05, 3.63) is 23.8 Å². The van der Waals surface area contributed by atoms with Crippen molar-refractivity contribution in [3.63, 3.8) is 0 Å². The molecule has 0 heterocycles. The molecule has 0 N–H and O–H groups in total. The van der Waals surface area contributed by atoms with E-state index in [0.29, 0.717) is 42.3 Å². The Balaban J connectivity index is 1.45. The topological polar surface area (TPSA) is 60.4 Å². The van der Waals surface area contributed by atoms with E-state index >= 15 is 0 Å². The maximum atomic E-state index is 13.2. The molecule has 5 rings (SSSR count). The molecule has 0 spiro atoms. The van der Waals surface area contributed by atoms with E-state index in [1.807, 2.05) is 6.08 Å². The Morgan fingerprint density at radius 1 is 1.12 bits per heavy atom. The number of carbonyl (C=O) groups excluding carboxylic acids is 3. The van der Waals surface area contributed by atoms with Gasteiger partial charge < -0.3 is 4.74 Å². The molecule has 0 aromatic heterocycles. The fraction of sp³-hybridized carbons (Fsp3) is 0.759. The van der Waals surface area contributed by atoms with E-state index in [9.17, 15) is 14.4 Å². The highest BCUT2D eigenvalue weighted by Gasteiger charge is 2.70. The van der Waals surface area contributed by atoms with Crippen LogP contribution in [0.2, 0.25) is 0 Å². The van der Waals surface area contributed by atoms with Gasteiger partial charge in [-0.3, -0.25) is 14.4 Å². The predicted octanol–water partition coefficient (Wildman–Crippen LogP) is 5.99. The van der Waals surface area contributed by atoms with Crippen LogP contribution in [-0.4, -0.2) is 23.1 Å². The lowest BCUT2D eigenvalue weighted by Gasteiger charge is -2.59. The molecule has 8 atom stereocenters. The lowest BCUT2D eigenvalue weighted by atomic mass is 9.45. The number of ketones is 2. The molecule has 5 aliphatic carbocycles. The lowest BCUT2D eigenvalue weighted by Crippen LogP contribution is -2.59. The smallest absolute Gasteiger partial charge is 0.306 e. The van der Waals surface area contributed by atoms with Gasteiger partial charge in [0.15, 0.2) is 17.2 Å². The Kier molecular flexibility index (Phi) is 5.34. The molecular weight excluding hydrogens is 412 g/mol. The van der Waals surface area contributed by atoms with E-state index in [0.717, 1.165) is 56.9 Å². The Morgan fingerprint density at radius 3 is 2.55 bits per heavy atom. The van der Waals surface area contributed by atoms with Crippen molar-refractivity contribution in [3.8, 4) is 0 Å². The first kappa shape index (κ1) is 23.1. The van der Waals surface area contributed by atoms with Gasteiger partial charge in [-0.2, -0.15) is 0 Å². The summed E-state index contributed by atoms with van der Waals surface area (Å²) in [6.45, 7) is 12.8. The third-order valence-electron chi connectivity index (χ3n) is 10.8. The molecular formula is C29H40O4. The molecule has 0 unspecified atom stereocenters. The molecule has 0 saturated heterocycles. The second-order valence-corrected chi connectivity index (χ2v) is 12.2. The van der Waals surface area contributed by atoms with E-state index in [2.05, 4.69) is 27.4 Å². The Labute approximate surface area is 198 Å². The molecule has 0 radical (unpaired) electrons. The van der Waals surface area contributed by atoms with Crippen LogP contribution < -0.4 is 0 Å². The number of unbranched alkanes of at least 4 members (excludes halogenated alkanes) is 2. The van der Waals surface area contributed by atoms with Gasteiger partial charge >= 0.3 is 5.97 Å². The van der Waals surface area contributed by atoms with Gasteiger partial charge in [-0.05, 0) is 92.6 Å². The second kappa shape index (κ2) is 7.65. The van der Waals surface area contributed by atoms with Crippen LogP contribution in [0.5, 0.6) is 0 Å². The van der Waals surface area contributed by atoms with Crippen LogP contribution in [-0.2, 0) is 19.1 Å². The largest absolute Gasteiger partial charge is 0.450 e. The summed E-state index contributed by atoms with van der Waals surface area (Å²) in [4.78, 5) is 38.5. The third-order valence-corrected chi connectivity index (χ3v) is 10.8. The molecule has 0 bridgehead atoms. The van der Waals surface area contributed by atoms with Gasteiger partial charge in [-0.25, -0.2) is 0 Å². The van der Waals surface area contributed by atoms with Crippen LogP contribution >= 0.6 is 0 Å². The number of fused-ring (bicyclic) bond motifs is 7. The van der Waals surface area contributed by atoms with Crippen molar-refractivity contribution in [1.82, 2.24) is 0 Å². The fourth-order valence-corrected chi connectivity index (χ4v) is 9.03. The quantitative estimate of drug-likeness (QED) is 0.367. The molecule has 180 valence electrons. The van der Waals surface area contributed by atoms with Crippen LogP contribution in [0.4, 0.5) is 0 Å². The van der Waals surface area contributed by atoms with E-state index in [1.165, 1.54) is 5.57 Å². The molecule has 0 amide bonds. The van der Waals surface area contributed by atoms with Gasteiger partial charge in [0.25, 0.3) is 0 Å². The molecule has 5 aliphatic rings. The maximum Gasteiger partial charge on any atom is 0.306 e. The minimum Gasteiger partial charge on any atom is -0.450 e. The van der Waals surface area contributed by atoms with Gasteiger partial charge in [0.2, 0.25) is 0 Å². The first-order chi connectivity index (χ1) is 15.6. The van der Waals surface area contributed by atoms with Crippen molar-refractivity contribution < 1.29 is 19.1 Å². The zero-order valence-electron chi connectivity index (χ0n) is 20.9.